The second-order valence-electron chi connectivity index (χ2n) is 8.14. The zero-order chi connectivity index (χ0) is 22.1. The second kappa shape index (κ2) is 8.91. The summed E-state index contributed by atoms with van der Waals surface area (Å²) in [5.41, 5.74) is 1.01. The largest absolute Gasteiger partial charge is 0.479 e. The molecule has 0 radical (unpaired) electrons. The van der Waals surface area contributed by atoms with Crippen molar-refractivity contribution in [2.75, 3.05) is 45.6 Å². The molecule has 2 heterocycles. The van der Waals surface area contributed by atoms with Crippen molar-refractivity contribution in [1.82, 2.24) is 14.5 Å². The van der Waals surface area contributed by atoms with Crippen molar-refractivity contribution in [3.63, 3.8) is 0 Å². The van der Waals surface area contributed by atoms with Crippen LogP contribution in [0.2, 0.25) is 0 Å². The lowest BCUT2D eigenvalue weighted by molar-refractivity contribution is -0.126. The number of likely N-dealkylation sites (N-methyl/N-ethyl adjacent to an activating group) is 1. The predicted molar refractivity (Wildman–Crippen MR) is 113 cm³/mol. The zero-order valence-electron chi connectivity index (χ0n) is 17.9. The summed E-state index contributed by atoms with van der Waals surface area (Å²) in [5.74, 6) is -0.107. The lowest BCUT2D eigenvalue weighted by atomic mass is 9.97. The molecule has 10 heteroatoms. The van der Waals surface area contributed by atoms with Gasteiger partial charge in [0.25, 0.3) is 5.91 Å². The molecular formula is C20H30N4O5S. The summed E-state index contributed by atoms with van der Waals surface area (Å²) in [4.78, 5) is 26.3. The van der Waals surface area contributed by atoms with Crippen LogP contribution in [0.5, 0.6) is 5.75 Å². The van der Waals surface area contributed by atoms with Gasteiger partial charge < -0.3 is 20.3 Å². The van der Waals surface area contributed by atoms with Crippen molar-refractivity contribution in [1.29, 1.82) is 0 Å². The van der Waals surface area contributed by atoms with Crippen LogP contribution >= 0.6 is 0 Å². The van der Waals surface area contributed by atoms with Gasteiger partial charge in [-0.2, -0.15) is 4.31 Å². The van der Waals surface area contributed by atoms with Crippen LogP contribution in [0.25, 0.3) is 0 Å². The Morgan fingerprint density at radius 3 is 2.60 bits per heavy atom. The molecule has 2 N–H and O–H groups in total. The normalized spacial score (nSPS) is 20.4. The highest BCUT2D eigenvalue weighted by atomic mass is 32.2. The first kappa shape index (κ1) is 22.5. The van der Waals surface area contributed by atoms with Gasteiger partial charge in [-0.25, -0.2) is 8.42 Å². The minimum atomic E-state index is -3.73. The van der Waals surface area contributed by atoms with Gasteiger partial charge in [-0.1, -0.05) is 0 Å². The molecule has 1 aromatic carbocycles. The van der Waals surface area contributed by atoms with E-state index < -0.39 is 16.1 Å². The lowest BCUT2D eigenvalue weighted by Gasteiger charge is -2.31. The van der Waals surface area contributed by atoms with Gasteiger partial charge in [-0.05, 0) is 52.4 Å². The fourth-order valence-corrected chi connectivity index (χ4v) is 5.36. The number of ether oxygens (including phenoxy) is 1. The van der Waals surface area contributed by atoms with Crippen molar-refractivity contribution in [3.05, 3.63) is 17.7 Å². The Balaban J connectivity index is 1.68. The molecule has 0 bridgehead atoms. The molecule has 0 aromatic heterocycles. The molecule has 2 aliphatic rings. The Morgan fingerprint density at radius 2 is 1.97 bits per heavy atom. The average molecular weight is 439 g/mol. The monoisotopic (exact) mass is 438 g/mol. The molecule has 3 rings (SSSR count). The third kappa shape index (κ3) is 4.76. The highest BCUT2D eigenvalue weighted by Gasteiger charge is 2.34. The number of carbonyl (C=O) groups excluding carboxylic acids is 2. The summed E-state index contributed by atoms with van der Waals surface area (Å²) < 4.78 is 33.5. The fourth-order valence-electron chi connectivity index (χ4n) is 3.67. The number of anilines is 1. The molecular weight excluding hydrogens is 408 g/mol. The van der Waals surface area contributed by atoms with E-state index in [9.17, 15) is 18.0 Å². The Morgan fingerprint density at radius 1 is 1.30 bits per heavy atom. The zero-order valence-corrected chi connectivity index (χ0v) is 18.7. The van der Waals surface area contributed by atoms with E-state index in [1.807, 2.05) is 19.0 Å². The number of aryl methyl sites for hydroxylation is 1. The summed E-state index contributed by atoms with van der Waals surface area (Å²) in [5, 5.41) is 5.65. The average Bonchev–Trinajstić information content (AvgIpc) is 2.68. The molecule has 2 amide bonds. The van der Waals surface area contributed by atoms with Gasteiger partial charge in [-0.3, -0.25) is 9.59 Å². The van der Waals surface area contributed by atoms with E-state index in [2.05, 4.69) is 10.6 Å². The first-order valence-electron chi connectivity index (χ1n) is 10.1. The number of sulfonamides is 1. The van der Waals surface area contributed by atoms with Crippen LogP contribution in [0.1, 0.15) is 25.3 Å². The predicted octanol–water partition coefficient (Wildman–Crippen LogP) is 0.793. The number of rotatable bonds is 6. The Hall–Kier alpha value is -2.17. The Labute approximate surface area is 177 Å². The number of carbonyl (C=O) groups is 2. The Bertz CT molecular complexity index is 923. The summed E-state index contributed by atoms with van der Waals surface area (Å²) >= 11 is 0. The van der Waals surface area contributed by atoms with E-state index in [-0.39, 0.29) is 22.6 Å². The molecule has 166 valence electrons. The summed E-state index contributed by atoms with van der Waals surface area (Å²) in [6.45, 7) is 5.23. The summed E-state index contributed by atoms with van der Waals surface area (Å²) in [7, 11) is 0.152. The molecule has 9 nitrogen and oxygen atoms in total. The van der Waals surface area contributed by atoms with Crippen molar-refractivity contribution in [3.8, 4) is 5.75 Å². The number of fused-ring (bicyclic) bond motifs is 1. The molecule has 2 aliphatic heterocycles. The third-order valence-electron chi connectivity index (χ3n) is 5.51. The number of amides is 2. The number of hydrogen-bond donors (Lipinski definition) is 2. The first-order chi connectivity index (χ1) is 14.1. The molecule has 1 atom stereocenters. The van der Waals surface area contributed by atoms with Crippen molar-refractivity contribution in [2.24, 2.45) is 5.92 Å². The van der Waals surface area contributed by atoms with Gasteiger partial charge in [0.2, 0.25) is 15.9 Å². The number of hydrogen-bond acceptors (Lipinski definition) is 6. The van der Waals surface area contributed by atoms with Crippen LogP contribution in [0.15, 0.2) is 17.0 Å². The molecule has 0 aliphatic carbocycles. The number of nitrogens with one attached hydrogen (secondary N) is 2. The van der Waals surface area contributed by atoms with Gasteiger partial charge >= 0.3 is 0 Å². The quantitative estimate of drug-likeness (QED) is 0.680. The van der Waals surface area contributed by atoms with Gasteiger partial charge in [-0.15, -0.1) is 0 Å². The fraction of sp³-hybridized carbons (Fsp3) is 0.600. The molecule has 30 heavy (non-hydrogen) atoms. The topological polar surface area (TPSA) is 108 Å². The van der Waals surface area contributed by atoms with Crippen LogP contribution in [-0.4, -0.2) is 75.8 Å². The second-order valence-corrected chi connectivity index (χ2v) is 10.0. The summed E-state index contributed by atoms with van der Waals surface area (Å²) in [6.07, 6.45) is 0.291. The maximum Gasteiger partial charge on any atom is 0.265 e. The maximum absolute atomic E-state index is 13.2. The van der Waals surface area contributed by atoms with E-state index >= 15 is 0 Å². The van der Waals surface area contributed by atoms with Crippen molar-refractivity contribution >= 4 is 27.5 Å². The number of benzene rings is 1. The van der Waals surface area contributed by atoms with E-state index in [1.165, 1.54) is 10.4 Å². The third-order valence-corrected chi connectivity index (χ3v) is 7.55. The summed E-state index contributed by atoms with van der Waals surface area (Å²) in [6, 6.07) is 3.10. The van der Waals surface area contributed by atoms with Crippen LogP contribution < -0.4 is 15.4 Å². The van der Waals surface area contributed by atoms with Crippen LogP contribution in [0.3, 0.4) is 0 Å². The van der Waals surface area contributed by atoms with E-state index in [1.54, 1.807) is 19.9 Å². The SMILES string of the molecule is Cc1cc2c(cc1S(=O)(=O)N1CCC(C(=O)NCCN(C)C)CC1)OC(C)C(=O)N2. The molecule has 0 saturated carbocycles. The smallest absolute Gasteiger partial charge is 0.265 e. The lowest BCUT2D eigenvalue weighted by Crippen LogP contribution is -2.44. The molecule has 0 spiro atoms. The molecule has 1 unspecified atom stereocenters. The molecule has 1 fully saturated rings. The van der Waals surface area contributed by atoms with Gasteiger partial charge in [0.15, 0.2) is 6.10 Å². The maximum atomic E-state index is 13.2. The number of piperidine rings is 1. The highest BCUT2D eigenvalue weighted by Crippen LogP contribution is 2.36. The van der Waals surface area contributed by atoms with E-state index in [0.29, 0.717) is 49.5 Å². The van der Waals surface area contributed by atoms with E-state index in [4.69, 9.17) is 4.74 Å². The minimum Gasteiger partial charge on any atom is -0.479 e. The van der Waals surface area contributed by atoms with Gasteiger partial charge in [0, 0.05) is 38.2 Å². The molecule has 1 saturated heterocycles. The van der Waals surface area contributed by atoms with E-state index in [0.717, 1.165) is 6.54 Å². The van der Waals surface area contributed by atoms with Crippen molar-refractivity contribution in [2.45, 2.75) is 37.7 Å². The number of nitrogens with zero attached hydrogens (tertiary/aromatic N) is 2. The standard InChI is InChI=1S/C20H30N4O5S/c1-13-11-16-17(29-14(2)19(25)22-16)12-18(13)30(27,28)24-8-5-15(6-9-24)20(26)21-7-10-23(3)4/h11-12,14-15H,5-10H2,1-4H3,(H,21,26)(H,22,25). The Kier molecular flexibility index (Phi) is 6.68. The molecule has 1 aromatic rings. The van der Waals surface area contributed by atoms with Gasteiger partial charge in [0.05, 0.1) is 10.6 Å². The van der Waals surface area contributed by atoms with Crippen LogP contribution in [0.4, 0.5) is 5.69 Å². The van der Waals surface area contributed by atoms with Crippen LogP contribution in [0, 0.1) is 12.8 Å². The van der Waals surface area contributed by atoms with Crippen LogP contribution in [-0.2, 0) is 19.6 Å². The van der Waals surface area contributed by atoms with Crippen molar-refractivity contribution < 1.29 is 22.7 Å². The first-order valence-corrected chi connectivity index (χ1v) is 11.6. The van der Waals surface area contributed by atoms with Gasteiger partial charge in [0.1, 0.15) is 5.75 Å². The minimum absolute atomic E-state index is 0.0167. The highest BCUT2D eigenvalue weighted by molar-refractivity contribution is 7.89.